The molecule has 1 N–H and O–H groups in total. The van der Waals surface area contributed by atoms with Crippen molar-refractivity contribution in [2.45, 2.75) is 10.8 Å². The molecule has 2 rings (SSSR count). The van der Waals surface area contributed by atoms with E-state index in [-0.39, 0.29) is 16.7 Å². The highest BCUT2D eigenvalue weighted by Crippen LogP contribution is 2.24. The van der Waals surface area contributed by atoms with Gasteiger partial charge in [0.15, 0.2) is 0 Å². The van der Waals surface area contributed by atoms with Gasteiger partial charge < -0.3 is 5.32 Å². The van der Waals surface area contributed by atoms with Gasteiger partial charge in [0.1, 0.15) is 4.21 Å². The predicted octanol–water partition coefficient (Wildman–Crippen LogP) is 2.00. The Labute approximate surface area is 118 Å². The minimum atomic E-state index is -3.70. The van der Waals surface area contributed by atoms with Crippen molar-refractivity contribution >= 4 is 37.0 Å². The van der Waals surface area contributed by atoms with Crippen molar-refractivity contribution in [2.75, 3.05) is 0 Å². The molecule has 0 saturated carbocycles. The molecule has 2 aromatic rings. The summed E-state index contributed by atoms with van der Waals surface area (Å²) in [6.07, 6.45) is 3.03. The van der Waals surface area contributed by atoms with Crippen molar-refractivity contribution in [1.82, 2.24) is 10.3 Å². The Kier molecular flexibility index (Phi) is 4.18. The number of pyridine rings is 1. The third-order valence-corrected chi connectivity index (χ3v) is 5.40. The van der Waals surface area contributed by atoms with Crippen LogP contribution in [0.1, 0.15) is 15.2 Å². The maximum atomic E-state index is 11.7. The van der Waals surface area contributed by atoms with E-state index in [2.05, 4.69) is 10.3 Å². The van der Waals surface area contributed by atoms with Crippen LogP contribution in [0.3, 0.4) is 0 Å². The molecule has 0 spiro atoms. The van der Waals surface area contributed by atoms with Crippen molar-refractivity contribution in [3.63, 3.8) is 0 Å². The molecule has 8 heteroatoms. The van der Waals surface area contributed by atoms with Crippen molar-refractivity contribution in [1.29, 1.82) is 0 Å². The van der Waals surface area contributed by atoms with Crippen molar-refractivity contribution in [2.24, 2.45) is 0 Å². The smallest absolute Gasteiger partial charge is 0.270 e. The monoisotopic (exact) mass is 316 g/mol. The number of rotatable bonds is 4. The van der Waals surface area contributed by atoms with Crippen LogP contribution in [-0.2, 0) is 15.6 Å². The van der Waals surface area contributed by atoms with Crippen LogP contribution in [-0.4, -0.2) is 19.3 Å². The quantitative estimate of drug-likeness (QED) is 0.875. The fourth-order valence-electron chi connectivity index (χ4n) is 1.35. The second-order valence-corrected chi connectivity index (χ2v) is 7.54. The minimum Gasteiger partial charge on any atom is -0.347 e. The third kappa shape index (κ3) is 3.76. The van der Waals surface area contributed by atoms with Gasteiger partial charge >= 0.3 is 0 Å². The molecule has 0 aromatic carbocycles. The molecule has 2 aromatic heterocycles. The van der Waals surface area contributed by atoms with Crippen molar-refractivity contribution in [3.8, 4) is 0 Å². The third-order valence-electron chi connectivity index (χ3n) is 2.22. The first kappa shape index (κ1) is 14.0. The zero-order chi connectivity index (χ0) is 13.9. The van der Waals surface area contributed by atoms with Gasteiger partial charge in [-0.3, -0.25) is 9.78 Å². The van der Waals surface area contributed by atoms with Crippen LogP contribution < -0.4 is 5.32 Å². The molecule has 2 heterocycles. The molecule has 5 nitrogen and oxygen atoms in total. The van der Waals surface area contributed by atoms with E-state index in [9.17, 15) is 13.2 Å². The summed E-state index contributed by atoms with van der Waals surface area (Å²) in [5.74, 6) is -0.267. The Hall–Kier alpha value is -1.44. The SMILES string of the molecule is O=C(NCc1ccc(S(=O)(=O)Cl)s1)c1cccnc1. The molecule has 0 unspecified atom stereocenters. The molecule has 0 atom stereocenters. The molecule has 100 valence electrons. The van der Waals surface area contributed by atoms with Gasteiger partial charge in [-0.2, -0.15) is 0 Å². The molecular formula is C11H9ClN2O3S2. The first-order valence-electron chi connectivity index (χ1n) is 5.18. The Bertz CT molecular complexity index is 683. The van der Waals surface area contributed by atoms with Gasteiger partial charge in [0.2, 0.25) is 0 Å². The number of thiophene rings is 1. The molecule has 0 radical (unpaired) electrons. The molecule has 0 bridgehead atoms. The molecule has 0 saturated heterocycles. The number of carbonyl (C=O) groups excluding carboxylic acids is 1. The van der Waals surface area contributed by atoms with E-state index in [4.69, 9.17) is 10.7 Å². The van der Waals surface area contributed by atoms with Crippen LogP contribution in [0, 0.1) is 0 Å². The molecule has 0 aliphatic heterocycles. The molecule has 0 fully saturated rings. The summed E-state index contributed by atoms with van der Waals surface area (Å²) in [6.45, 7) is 0.241. The van der Waals surface area contributed by atoms with E-state index in [0.29, 0.717) is 10.4 Å². The van der Waals surface area contributed by atoms with Crippen LogP contribution in [0.25, 0.3) is 0 Å². The largest absolute Gasteiger partial charge is 0.347 e. The summed E-state index contributed by atoms with van der Waals surface area (Å²) in [7, 11) is 1.51. The van der Waals surface area contributed by atoms with Gasteiger partial charge in [0.05, 0.1) is 12.1 Å². The van der Waals surface area contributed by atoms with Gasteiger partial charge in [0, 0.05) is 28.0 Å². The summed E-state index contributed by atoms with van der Waals surface area (Å²) in [5.41, 5.74) is 0.448. The summed E-state index contributed by atoms with van der Waals surface area (Å²) in [6, 6.07) is 6.34. The lowest BCUT2D eigenvalue weighted by Gasteiger charge is -2.02. The van der Waals surface area contributed by atoms with E-state index in [1.165, 1.54) is 12.3 Å². The number of hydrogen-bond donors (Lipinski definition) is 1. The Morgan fingerprint density at radius 2 is 2.16 bits per heavy atom. The van der Waals surface area contributed by atoms with E-state index >= 15 is 0 Å². The first-order chi connectivity index (χ1) is 8.97. The lowest BCUT2D eigenvalue weighted by molar-refractivity contribution is 0.0951. The summed E-state index contributed by atoms with van der Waals surface area (Å²) in [5, 5.41) is 2.67. The maximum Gasteiger partial charge on any atom is 0.270 e. The van der Waals surface area contributed by atoms with Gasteiger partial charge in [-0.05, 0) is 24.3 Å². The van der Waals surface area contributed by atoms with E-state index in [1.54, 1.807) is 24.4 Å². The highest BCUT2D eigenvalue weighted by molar-refractivity contribution is 8.15. The van der Waals surface area contributed by atoms with Crippen LogP contribution in [0.4, 0.5) is 0 Å². The summed E-state index contributed by atoms with van der Waals surface area (Å²) < 4.78 is 22.2. The van der Waals surface area contributed by atoms with Crippen LogP contribution in [0.2, 0.25) is 0 Å². The molecule has 0 aliphatic carbocycles. The Morgan fingerprint density at radius 3 is 2.74 bits per heavy atom. The Balaban J connectivity index is 2.00. The highest BCUT2D eigenvalue weighted by Gasteiger charge is 2.13. The van der Waals surface area contributed by atoms with Gasteiger partial charge in [-0.25, -0.2) is 8.42 Å². The second kappa shape index (κ2) is 5.68. The van der Waals surface area contributed by atoms with Crippen LogP contribution in [0.15, 0.2) is 40.9 Å². The normalized spacial score (nSPS) is 11.2. The molecule has 19 heavy (non-hydrogen) atoms. The second-order valence-electron chi connectivity index (χ2n) is 3.58. The van der Waals surface area contributed by atoms with Gasteiger partial charge in [-0.15, -0.1) is 11.3 Å². The fraction of sp³-hybridized carbons (Fsp3) is 0.0909. The summed E-state index contributed by atoms with van der Waals surface area (Å²) >= 11 is 1.03. The maximum absolute atomic E-state index is 11.7. The number of amides is 1. The molecule has 1 amide bonds. The fourth-order valence-corrected chi connectivity index (χ4v) is 3.41. The number of nitrogens with zero attached hydrogens (tertiary/aromatic N) is 1. The zero-order valence-electron chi connectivity index (χ0n) is 9.54. The lowest BCUT2D eigenvalue weighted by Crippen LogP contribution is -2.22. The number of aromatic nitrogens is 1. The van der Waals surface area contributed by atoms with E-state index < -0.39 is 9.05 Å². The van der Waals surface area contributed by atoms with Crippen LogP contribution in [0.5, 0.6) is 0 Å². The van der Waals surface area contributed by atoms with Crippen molar-refractivity contribution < 1.29 is 13.2 Å². The molecular weight excluding hydrogens is 308 g/mol. The number of halogens is 1. The number of carbonyl (C=O) groups is 1. The summed E-state index contributed by atoms with van der Waals surface area (Å²) in [4.78, 5) is 16.3. The number of nitrogens with one attached hydrogen (secondary N) is 1. The minimum absolute atomic E-state index is 0.0693. The molecule has 0 aliphatic rings. The first-order valence-corrected chi connectivity index (χ1v) is 8.31. The van der Waals surface area contributed by atoms with Crippen molar-refractivity contribution in [3.05, 3.63) is 47.1 Å². The van der Waals surface area contributed by atoms with Gasteiger partial charge in [0.25, 0.3) is 15.0 Å². The highest BCUT2D eigenvalue weighted by atomic mass is 35.7. The average Bonchev–Trinajstić information content (AvgIpc) is 2.86. The zero-order valence-corrected chi connectivity index (χ0v) is 11.9. The Morgan fingerprint density at radius 1 is 1.37 bits per heavy atom. The lowest BCUT2D eigenvalue weighted by atomic mass is 10.3. The number of hydrogen-bond acceptors (Lipinski definition) is 5. The standard InChI is InChI=1S/C11H9ClN2O3S2/c12-19(16,17)10-4-3-9(18-10)7-14-11(15)8-2-1-5-13-6-8/h1-6H,7H2,(H,14,15). The average molecular weight is 317 g/mol. The van der Waals surface area contributed by atoms with E-state index in [0.717, 1.165) is 11.3 Å². The van der Waals surface area contributed by atoms with Gasteiger partial charge in [-0.1, -0.05) is 0 Å². The van der Waals surface area contributed by atoms with E-state index in [1.807, 2.05) is 0 Å². The van der Waals surface area contributed by atoms with Crippen LogP contribution >= 0.6 is 22.0 Å². The topological polar surface area (TPSA) is 76.1 Å². The predicted molar refractivity (Wildman–Crippen MR) is 72.8 cm³/mol.